The number of amides is 1. The Kier molecular flexibility index (Phi) is 7.41. The molecule has 0 aliphatic carbocycles. The van der Waals surface area contributed by atoms with Crippen LogP contribution in [0.4, 0.5) is 5.69 Å². The fourth-order valence-corrected chi connectivity index (χ4v) is 7.40. The molecule has 9 nitrogen and oxygen atoms in total. The molecule has 3 heterocycles. The lowest BCUT2D eigenvalue weighted by atomic mass is 10.1. The minimum atomic E-state index is -3.51. The maximum atomic E-state index is 13.2. The number of thioether (sulfide) groups is 1. The van der Waals surface area contributed by atoms with Crippen molar-refractivity contribution < 1.29 is 13.2 Å². The van der Waals surface area contributed by atoms with Gasteiger partial charge in [0.15, 0.2) is 11.0 Å². The number of benzene rings is 3. The molecule has 1 unspecified atom stereocenters. The molecule has 1 fully saturated rings. The second-order valence-electron chi connectivity index (χ2n) is 10.1. The molecule has 41 heavy (non-hydrogen) atoms. The predicted octanol–water partition coefficient (Wildman–Crippen LogP) is 5.63. The number of aryl methyl sites for hydroxylation is 1. The minimum Gasteiger partial charge on any atom is -0.360 e. The van der Waals surface area contributed by atoms with Gasteiger partial charge in [-0.25, -0.2) is 8.42 Å². The molecular formula is C30H30N6O3S2. The highest BCUT2D eigenvalue weighted by atomic mass is 32.2. The number of aromatic amines is 1. The summed E-state index contributed by atoms with van der Waals surface area (Å²) in [7, 11) is -3.51. The summed E-state index contributed by atoms with van der Waals surface area (Å²) in [6.45, 7) is 4.94. The van der Waals surface area contributed by atoms with Crippen molar-refractivity contribution >= 4 is 44.3 Å². The fraction of sp³-hybridized carbons (Fsp3) is 0.233. The summed E-state index contributed by atoms with van der Waals surface area (Å²) >= 11 is 1.31. The van der Waals surface area contributed by atoms with Crippen molar-refractivity contribution in [3.05, 3.63) is 84.6 Å². The predicted molar refractivity (Wildman–Crippen MR) is 162 cm³/mol. The van der Waals surface area contributed by atoms with Crippen molar-refractivity contribution in [2.75, 3.05) is 18.4 Å². The Bertz CT molecular complexity index is 1820. The molecule has 2 aromatic heterocycles. The number of rotatable bonds is 8. The largest absolute Gasteiger partial charge is 0.360 e. The first kappa shape index (κ1) is 27.3. The van der Waals surface area contributed by atoms with Crippen molar-refractivity contribution in [1.29, 1.82) is 0 Å². The number of hydrogen-bond acceptors (Lipinski definition) is 6. The van der Waals surface area contributed by atoms with Crippen LogP contribution < -0.4 is 5.32 Å². The molecule has 0 bridgehead atoms. The molecule has 5 aromatic rings. The molecule has 3 aromatic carbocycles. The van der Waals surface area contributed by atoms with E-state index in [9.17, 15) is 13.2 Å². The van der Waals surface area contributed by atoms with Crippen LogP contribution in [-0.2, 0) is 14.8 Å². The van der Waals surface area contributed by atoms with E-state index in [1.165, 1.54) is 16.1 Å². The molecule has 1 atom stereocenters. The summed E-state index contributed by atoms with van der Waals surface area (Å²) in [6, 6.07) is 22.5. The van der Waals surface area contributed by atoms with E-state index >= 15 is 0 Å². The Morgan fingerprint density at radius 1 is 1.00 bits per heavy atom. The molecule has 210 valence electrons. The van der Waals surface area contributed by atoms with Crippen LogP contribution in [0.1, 0.15) is 25.3 Å². The van der Waals surface area contributed by atoms with Crippen LogP contribution >= 0.6 is 11.8 Å². The number of sulfonamides is 1. The number of anilines is 1. The summed E-state index contributed by atoms with van der Waals surface area (Å²) in [5.74, 6) is 0.454. The van der Waals surface area contributed by atoms with Crippen LogP contribution in [0.2, 0.25) is 0 Å². The fourth-order valence-electron chi connectivity index (χ4n) is 5.02. The second-order valence-corrected chi connectivity index (χ2v) is 13.4. The molecular weight excluding hydrogens is 557 g/mol. The van der Waals surface area contributed by atoms with Gasteiger partial charge in [-0.05, 0) is 74.7 Å². The van der Waals surface area contributed by atoms with E-state index in [4.69, 9.17) is 0 Å². The third-order valence-electron chi connectivity index (χ3n) is 7.20. The van der Waals surface area contributed by atoms with Gasteiger partial charge in [-0.2, -0.15) is 4.31 Å². The van der Waals surface area contributed by atoms with Crippen LogP contribution in [0.3, 0.4) is 0 Å². The van der Waals surface area contributed by atoms with Crippen molar-refractivity contribution in [2.45, 2.75) is 42.0 Å². The van der Waals surface area contributed by atoms with Crippen molar-refractivity contribution in [1.82, 2.24) is 24.1 Å². The lowest BCUT2D eigenvalue weighted by molar-refractivity contribution is -0.115. The summed E-state index contributed by atoms with van der Waals surface area (Å²) in [6.07, 6.45) is 3.69. The first-order valence-electron chi connectivity index (χ1n) is 13.5. The van der Waals surface area contributed by atoms with Gasteiger partial charge in [0.1, 0.15) is 0 Å². The van der Waals surface area contributed by atoms with E-state index in [1.54, 1.807) is 24.3 Å². The monoisotopic (exact) mass is 586 g/mol. The Labute approximate surface area is 243 Å². The molecule has 2 N–H and O–H groups in total. The van der Waals surface area contributed by atoms with Crippen LogP contribution in [0, 0.1) is 6.92 Å². The van der Waals surface area contributed by atoms with Gasteiger partial charge in [0.05, 0.1) is 10.1 Å². The highest BCUT2D eigenvalue weighted by Crippen LogP contribution is 2.34. The number of carbonyl (C=O) groups excluding carboxylic acids is 1. The molecule has 0 spiro atoms. The van der Waals surface area contributed by atoms with Gasteiger partial charge in [0.25, 0.3) is 0 Å². The molecule has 1 aliphatic heterocycles. The zero-order chi connectivity index (χ0) is 28.6. The number of carbonyl (C=O) groups is 1. The normalized spacial score (nSPS) is 14.9. The first-order chi connectivity index (χ1) is 19.8. The van der Waals surface area contributed by atoms with Gasteiger partial charge in [-0.1, -0.05) is 42.1 Å². The summed E-state index contributed by atoms with van der Waals surface area (Å²) in [4.78, 5) is 16.7. The quantitative estimate of drug-likeness (QED) is 0.228. The van der Waals surface area contributed by atoms with E-state index < -0.39 is 15.3 Å². The molecule has 0 radical (unpaired) electrons. The Balaban J connectivity index is 1.24. The van der Waals surface area contributed by atoms with Gasteiger partial charge < -0.3 is 10.3 Å². The van der Waals surface area contributed by atoms with E-state index in [2.05, 4.69) is 26.6 Å². The van der Waals surface area contributed by atoms with E-state index in [1.807, 2.05) is 67.1 Å². The van der Waals surface area contributed by atoms with Crippen molar-refractivity contribution in [3.63, 3.8) is 0 Å². The second kappa shape index (κ2) is 11.2. The SMILES string of the molecule is Cc1cccc(-n2c(SC(C)C(=O)Nc3ccc(S(=O)(=O)N4CCCC4)cc3)nnc2-c2c[nH]c3ccccc23)c1. The first-order valence-corrected chi connectivity index (χ1v) is 15.8. The van der Waals surface area contributed by atoms with Gasteiger partial charge in [-0.15, -0.1) is 10.2 Å². The van der Waals surface area contributed by atoms with Gasteiger partial charge in [0, 0.05) is 47.1 Å². The zero-order valence-electron chi connectivity index (χ0n) is 22.7. The molecule has 6 rings (SSSR count). The Hall–Kier alpha value is -3.93. The maximum absolute atomic E-state index is 13.2. The number of H-pyrrole nitrogens is 1. The van der Waals surface area contributed by atoms with Gasteiger partial charge in [-0.3, -0.25) is 9.36 Å². The van der Waals surface area contributed by atoms with Crippen LogP contribution in [0.15, 0.2) is 89.0 Å². The number of aromatic nitrogens is 4. The summed E-state index contributed by atoms with van der Waals surface area (Å²) < 4.78 is 29.1. The Morgan fingerprint density at radius 3 is 2.51 bits per heavy atom. The smallest absolute Gasteiger partial charge is 0.243 e. The highest BCUT2D eigenvalue weighted by molar-refractivity contribution is 8.00. The summed E-state index contributed by atoms with van der Waals surface area (Å²) in [5.41, 5.74) is 4.45. The number of hydrogen-bond donors (Lipinski definition) is 2. The lowest BCUT2D eigenvalue weighted by Gasteiger charge is -2.16. The Morgan fingerprint density at radius 2 is 1.76 bits per heavy atom. The van der Waals surface area contributed by atoms with Gasteiger partial charge >= 0.3 is 0 Å². The molecule has 0 saturated carbocycles. The minimum absolute atomic E-state index is 0.224. The lowest BCUT2D eigenvalue weighted by Crippen LogP contribution is -2.27. The number of fused-ring (bicyclic) bond motifs is 1. The average Bonchev–Trinajstić information content (AvgIpc) is 3.73. The standard InChI is InChI=1S/C30H30N6O3S2/c1-20-8-7-9-23(18-20)36-28(26-19-31-27-11-4-3-10-25(26)27)33-34-30(36)40-21(2)29(37)32-22-12-14-24(15-13-22)41(38,39)35-16-5-6-17-35/h3-4,7-15,18-19,21,31H,5-6,16-17H2,1-2H3,(H,32,37). The van der Waals surface area contributed by atoms with E-state index in [0.29, 0.717) is 29.8 Å². The van der Waals surface area contributed by atoms with E-state index in [-0.39, 0.29) is 10.8 Å². The number of nitrogens with zero attached hydrogens (tertiary/aromatic N) is 4. The zero-order valence-corrected chi connectivity index (χ0v) is 24.4. The third kappa shape index (κ3) is 5.40. The molecule has 1 amide bonds. The molecule has 11 heteroatoms. The van der Waals surface area contributed by atoms with Crippen molar-refractivity contribution in [2.24, 2.45) is 0 Å². The maximum Gasteiger partial charge on any atom is 0.243 e. The van der Waals surface area contributed by atoms with E-state index in [0.717, 1.165) is 40.6 Å². The number of nitrogens with one attached hydrogen (secondary N) is 2. The van der Waals surface area contributed by atoms with Crippen LogP contribution in [0.25, 0.3) is 28.0 Å². The topological polar surface area (TPSA) is 113 Å². The van der Waals surface area contributed by atoms with Crippen molar-refractivity contribution in [3.8, 4) is 17.1 Å². The molecule has 1 aliphatic rings. The summed E-state index contributed by atoms with van der Waals surface area (Å²) in [5, 5.41) is 13.1. The van der Waals surface area contributed by atoms with Crippen LogP contribution in [-0.4, -0.2) is 56.7 Å². The molecule has 1 saturated heterocycles. The number of para-hydroxylation sites is 1. The van der Waals surface area contributed by atoms with Crippen LogP contribution in [0.5, 0.6) is 0 Å². The highest BCUT2D eigenvalue weighted by Gasteiger charge is 2.27. The average molecular weight is 587 g/mol. The van der Waals surface area contributed by atoms with Gasteiger partial charge in [0.2, 0.25) is 15.9 Å². The third-order valence-corrected chi connectivity index (χ3v) is 10.2.